The van der Waals surface area contributed by atoms with E-state index in [1.165, 1.54) is 5.56 Å². The minimum atomic E-state index is -0.0727. The van der Waals surface area contributed by atoms with E-state index in [1.807, 2.05) is 60.6 Å². The van der Waals surface area contributed by atoms with E-state index >= 15 is 0 Å². The van der Waals surface area contributed by atoms with Gasteiger partial charge in [0.1, 0.15) is 0 Å². The van der Waals surface area contributed by atoms with Gasteiger partial charge < -0.3 is 25.1 Å². The maximum atomic E-state index is 13.1. The first kappa shape index (κ1) is 29.4. The lowest BCUT2D eigenvalue weighted by Gasteiger charge is -2.43. The monoisotopic (exact) mass is 601 g/mol. The van der Waals surface area contributed by atoms with Crippen LogP contribution < -0.4 is 10.2 Å². The number of aromatic nitrogens is 3. The third kappa shape index (κ3) is 6.20. The summed E-state index contributed by atoms with van der Waals surface area (Å²) < 4.78 is 1.81. The summed E-state index contributed by atoms with van der Waals surface area (Å²) >= 11 is 6.15. The van der Waals surface area contributed by atoms with Crippen molar-refractivity contribution in [2.75, 3.05) is 57.1 Å². The first-order valence-electron chi connectivity index (χ1n) is 15.2. The molecule has 2 fully saturated rings. The molecule has 2 aliphatic rings. The van der Waals surface area contributed by atoms with E-state index in [0.29, 0.717) is 11.5 Å². The van der Waals surface area contributed by atoms with Crippen molar-refractivity contribution in [1.29, 1.82) is 0 Å². The Kier molecular flexibility index (Phi) is 8.56. The topological polar surface area (TPSA) is 89.2 Å². The van der Waals surface area contributed by atoms with Crippen LogP contribution in [0.15, 0.2) is 66.9 Å². The van der Waals surface area contributed by atoms with Gasteiger partial charge in [-0.2, -0.15) is 4.98 Å². The number of carbonyl (C=O) groups is 1. The van der Waals surface area contributed by atoms with Crippen molar-refractivity contribution in [1.82, 2.24) is 24.4 Å². The minimum absolute atomic E-state index is 0.0530. The number of fused-ring (bicyclic) bond motifs is 1. The zero-order valence-electron chi connectivity index (χ0n) is 24.9. The van der Waals surface area contributed by atoms with Gasteiger partial charge in [-0.05, 0) is 106 Å². The lowest BCUT2D eigenvalue weighted by molar-refractivity contribution is 0.0659. The number of rotatable bonds is 8. The van der Waals surface area contributed by atoms with Crippen molar-refractivity contribution in [2.45, 2.75) is 43.6 Å². The third-order valence-electron chi connectivity index (χ3n) is 9.39. The SMILES string of the molecule is CN1CCC(N(C)C(=O)c2ccc(Nc3nc4c(N5CCC(CCO)(c6ccc(Cl)cc6)CC5)cccn4n3)cc2)CC1. The fourth-order valence-corrected chi connectivity index (χ4v) is 6.77. The van der Waals surface area contributed by atoms with Crippen LogP contribution in [0.1, 0.15) is 48.0 Å². The zero-order chi connectivity index (χ0) is 30.0. The molecule has 4 heterocycles. The maximum absolute atomic E-state index is 13.1. The Bertz CT molecular complexity index is 1540. The molecule has 0 radical (unpaired) electrons. The fraction of sp³-hybridized carbons (Fsp3) is 0.424. The van der Waals surface area contributed by atoms with Gasteiger partial charge in [0.25, 0.3) is 5.91 Å². The molecule has 0 atom stereocenters. The van der Waals surface area contributed by atoms with Crippen molar-refractivity contribution >= 4 is 40.5 Å². The summed E-state index contributed by atoms with van der Waals surface area (Å²) in [5, 5.41) is 18.6. The molecule has 2 aromatic carbocycles. The maximum Gasteiger partial charge on any atom is 0.253 e. The first-order chi connectivity index (χ1) is 20.8. The molecule has 2 N–H and O–H groups in total. The molecule has 2 aromatic heterocycles. The number of halogens is 1. The molecule has 43 heavy (non-hydrogen) atoms. The second-order valence-electron chi connectivity index (χ2n) is 12.0. The summed E-state index contributed by atoms with van der Waals surface area (Å²) in [6, 6.07) is 20.0. The second-order valence-corrected chi connectivity index (χ2v) is 12.4. The third-order valence-corrected chi connectivity index (χ3v) is 9.65. The summed E-state index contributed by atoms with van der Waals surface area (Å²) in [5.74, 6) is 0.556. The number of nitrogens with one attached hydrogen (secondary N) is 1. The van der Waals surface area contributed by atoms with Crippen molar-refractivity contribution in [2.24, 2.45) is 0 Å². The van der Waals surface area contributed by atoms with E-state index in [2.05, 4.69) is 45.5 Å². The highest BCUT2D eigenvalue weighted by molar-refractivity contribution is 6.30. The Morgan fingerprint density at radius 2 is 1.74 bits per heavy atom. The minimum Gasteiger partial charge on any atom is -0.396 e. The molecule has 2 saturated heterocycles. The Labute approximate surface area is 258 Å². The number of hydrogen-bond acceptors (Lipinski definition) is 7. The van der Waals surface area contributed by atoms with Crippen molar-refractivity contribution < 1.29 is 9.90 Å². The second kappa shape index (κ2) is 12.5. The van der Waals surface area contributed by atoms with Crippen LogP contribution in [0.25, 0.3) is 5.65 Å². The van der Waals surface area contributed by atoms with Gasteiger partial charge in [0.15, 0.2) is 5.65 Å². The number of nitrogens with zero attached hydrogens (tertiary/aromatic N) is 6. The Balaban J connectivity index is 1.13. The van der Waals surface area contributed by atoms with E-state index < -0.39 is 0 Å². The fourth-order valence-electron chi connectivity index (χ4n) is 6.64. The molecule has 0 saturated carbocycles. The van der Waals surface area contributed by atoms with Gasteiger partial charge in [-0.15, -0.1) is 5.10 Å². The molecule has 4 aromatic rings. The Morgan fingerprint density at radius 1 is 1.05 bits per heavy atom. The number of amides is 1. The molecule has 0 unspecified atom stereocenters. The largest absolute Gasteiger partial charge is 0.396 e. The van der Waals surface area contributed by atoms with Crippen LogP contribution in [0.5, 0.6) is 0 Å². The van der Waals surface area contributed by atoms with Gasteiger partial charge in [-0.1, -0.05) is 23.7 Å². The molecular formula is C33H40ClN7O2. The molecule has 9 nitrogen and oxygen atoms in total. The Morgan fingerprint density at radius 3 is 2.42 bits per heavy atom. The molecule has 2 aliphatic heterocycles. The van der Waals surface area contributed by atoms with Crippen LogP contribution in [0, 0.1) is 0 Å². The number of aliphatic hydroxyl groups excluding tert-OH is 1. The number of anilines is 3. The molecule has 10 heteroatoms. The molecular weight excluding hydrogens is 562 g/mol. The van der Waals surface area contributed by atoms with Crippen LogP contribution in [0.3, 0.4) is 0 Å². The number of carbonyl (C=O) groups excluding carboxylic acids is 1. The van der Waals surface area contributed by atoms with Crippen molar-refractivity contribution in [3.63, 3.8) is 0 Å². The van der Waals surface area contributed by atoms with E-state index in [-0.39, 0.29) is 24.0 Å². The van der Waals surface area contributed by atoms with Crippen LogP contribution in [0.4, 0.5) is 17.3 Å². The average Bonchev–Trinajstić information content (AvgIpc) is 3.45. The summed E-state index contributed by atoms with van der Waals surface area (Å²) in [6.45, 7) is 3.88. The number of likely N-dealkylation sites (tertiary alicyclic amines) is 1. The number of aliphatic hydroxyl groups is 1. The van der Waals surface area contributed by atoms with E-state index in [4.69, 9.17) is 16.6 Å². The van der Waals surface area contributed by atoms with Gasteiger partial charge in [-0.25, -0.2) is 4.52 Å². The normalized spacial score (nSPS) is 17.7. The molecule has 226 valence electrons. The number of pyridine rings is 1. The van der Waals surface area contributed by atoms with E-state index in [9.17, 15) is 9.90 Å². The molecule has 0 bridgehead atoms. The van der Waals surface area contributed by atoms with Crippen LogP contribution in [-0.4, -0.2) is 88.3 Å². The molecule has 1 amide bonds. The number of piperidine rings is 2. The standard InChI is InChI=1S/C33H40ClN7O2/c1-38-19-13-28(14-20-38)39(2)31(43)24-5-11-27(12-6-24)35-32-36-30-29(4-3-18-41(30)37-32)40-21-15-33(16-22-40,17-23-42)25-7-9-26(34)10-8-25/h3-12,18,28,42H,13-17,19-23H2,1-2H3,(H,35,37). The van der Waals surface area contributed by atoms with Gasteiger partial charge in [0, 0.05) is 60.7 Å². The summed E-state index contributed by atoms with van der Waals surface area (Å²) in [4.78, 5) is 24.5. The smallest absolute Gasteiger partial charge is 0.253 e. The molecule has 0 spiro atoms. The lowest BCUT2D eigenvalue weighted by Crippen LogP contribution is -2.44. The van der Waals surface area contributed by atoms with E-state index in [1.54, 1.807) is 4.52 Å². The lowest BCUT2D eigenvalue weighted by atomic mass is 9.70. The van der Waals surface area contributed by atoms with Gasteiger partial charge >= 0.3 is 0 Å². The highest BCUT2D eigenvalue weighted by atomic mass is 35.5. The summed E-state index contributed by atoms with van der Waals surface area (Å²) in [5.41, 5.74) is 4.49. The Hall–Kier alpha value is -3.66. The van der Waals surface area contributed by atoms with Gasteiger partial charge in [0.2, 0.25) is 5.95 Å². The number of hydrogen-bond donors (Lipinski definition) is 2. The predicted octanol–water partition coefficient (Wildman–Crippen LogP) is 5.21. The molecule has 0 aliphatic carbocycles. The van der Waals surface area contributed by atoms with Crippen molar-refractivity contribution in [3.05, 3.63) is 83.0 Å². The first-order valence-corrected chi connectivity index (χ1v) is 15.5. The van der Waals surface area contributed by atoms with Crippen LogP contribution in [0.2, 0.25) is 5.02 Å². The zero-order valence-corrected chi connectivity index (χ0v) is 25.7. The summed E-state index contributed by atoms with van der Waals surface area (Å²) in [6.07, 6.45) is 6.49. The molecule has 6 rings (SSSR count). The van der Waals surface area contributed by atoms with Gasteiger partial charge in [0.05, 0.1) is 5.69 Å². The van der Waals surface area contributed by atoms with Crippen molar-refractivity contribution in [3.8, 4) is 0 Å². The van der Waals surface area contributed by atoms with E-state index in [0.717, 1.165) is 80.3 Å². The highest BCUT2D eigenvalue weighted by Gasteiger charge is 2.36. The van der Waals surface area contributed by atoms with Crippen LogP contribution in [-0.2, 0) is 5.41 Å². The summed E-state index contributed by atoms with van der Waals surface area (Å²) in [7, 11) is 4.04. The highest BCUT2D eigenvalue weighted by Crippen LogP contribution is 2.40. The predicted molar refractivity (Wildman–Crippen MR) is 172 cm³/mol. The number of benzene rings is 2. The quantitative estimate of drug-likeness (QED) is 0.286. The van der Waals surface area contributed by atoms with Gasteiger partial charge in [-0.3, -0.25) is 4.79 Å². The van der Waals surface area contributed by atoms with Crippen LogP contribution >= 0.6 is 11.6 Å². The average molecular weight is 602 g/mol.